The van der Waals surface area contributed by atoms with Crippen LogP contribution in [0.4, 0.5) is 5.69 Å². The van der Waals surface area contributed by atoms with Crippen LogP contribution in [0.2, 0.25) is 0 Å². The van der Waals surface area contributed by atoms with E-state index in [1.165, 1.54) is 64.3 Å². The normalized spacial score (nSPS) is 14.3. The van der Waals surface area contributed by atoms with Gasteiger partial charge in [-0.05, 0) is 48.5 Å². The number of rotatable bonds is 4. The van der Waals surface area contributed by atoms with Gasteiger partial charge in [0.2, 0.25) is 23.7 Å². The van der Waals surface area contributed by atoms with Crippen molar-refractivity contribution in [1.29, 1.82) is 0 Å². The largest absolute Gasteiger partial charge is 0.338 e. The molecule has 0 bridgehead atoms. The van der Waals surface area contributed by atoms with Gasteiger partial charge in [0.15, 0.2) is 21.3 Å². The summed E-state index contributed by atoms with van der Waals surface area (Å²) in [4.78, 5) is 3.58. The van der Waals surface area contributed by atoms with Crippen molar-refractivity contribution in [3.05, 3.63) is 120 Å². The van der Waals surface area contributed by atoms with Crippen LogP contribution in [0.25, 0.3) is 49.7 Å². The van der Waals surface area contributed by atoms with Crippen molar-refractivity contribution in [3.63, 3.8) is 0 Å². The number of para-hydroxylation sites is 2. The number of aromatic nitrogens is 5. The third kappa shape index (κ3) is 4.05. The van der Waals surface area contributed by atoms with E-state index in [9.17, 15) is 0 Å². The first-order valence-corrected chi connectivity index (χ1v) is 15.9. The van der Waals surface area contributed by atoms with Crippen molar-refractivity contribution >= 4 is 67.1 Å². The van der Waals surface area contributed by atoms with Crippen LogP contribution in [0.15, 0.2) is 120 Å². The summed E-state index contributed by atoms with van der Waals surface area (Å²) in [6.07, 6.45) is 11.0. The predicted octanol–water partition coefficient (Wildman–Crippen LogP) is 6.36. The zero-order valence-electron chi connectivity index (χ0n) is 24.5. The number of thiazole rings is 1. The smallest absolute Gasteiger partial charge is 0.262 e. The molecule has 1 aliphatic heterocycles. The lowest BCUT2D eigenvalue weighted by Crippen LogP contribution is -2.29. The molecule has 0 saturated carbocycles. The number of thioether (sulfide) groups is 1. The van der Waals surface area contributed by atoms with Gasteiger partial charge in [-0.1, -0.05) is 65.6 Å². The highest BCUT2D eigenvalue weighted by Crippen LogP contribution is 2.48. The van der Waals surface area contributed by atoms with E-state index in [-0.39, 0.29) is 0 Å². The highest BCUT2D eigenvalue weighted by atomic mass is 32.2. The van der Waals surface area contributed by atoms with Crippen LogP contribution in [0.5, 0.6) is 0 Å². The van der Waals surface area contributed by atoms with Crippen LogP contribution in [0.3, 0.4) is 0 Å². The molecule has 0 aliphatic carbocycles. The molecule has 0 radical (unpaired) electrons. The van der Waals surface area contributed by atoms with E-state index in [1.807, 2.05) is 23.1 Å². The number of hydrogen-bond donors (Lipinski definition) is 0. The first kappa shape index (κ1) is 26.0. The molecule has 7 aromatic rings. The summed E-state index contributed by atoms with van der Waals surface area (Å²) in [6.45, 7) is 0. The highest BCUT2D eigenvalue weighted by molar-refractivity contribution is 8.04. The maximum absolute atomic E-state index is 2.30. The minimum Gasteiger partial charge on any atom is -0.338 e. The third-order valence-corrected chi connectivity index (χ3v) is 10.8. The summed E-state index contributed by atoms with van der Waals surface area (Å²) < 4.78 is 12.6. The summed E-state index contributed by atoms with van der Waals surface area (Å²) in [5, 5.41) is 2.41. The Bertz CT molecular complexity index is 2250. The van der Waals surface area contributed by atoms with Crippen LogP contribution in [0, 0.1) is 0 Å². The van der Waals surface area contributed by atoms with Gasteiger partial charge in [0, 0.05) is 19.2 Å². The Morgan fingerprint density at radius 3 is 1.93 bits per heavy atom. The van der Waals surface area contributed by atoms with Gasteiger partial charge in [0.25, 0.3) is 5.01 Å². The summed E-state index contributed by atoms with van der Waals surface area (Å²) in [5.74, 6) is 0. The molecular weight excluding hydrogens is 569 g/mol. The minimum atomic E-state index is 1.17. The SMILES string of the molecule is CN1C(=CC=Cc2sc3c4c(ccc3[n+]2C)[n+](C)cn4-c2ccccc2)Sc2c1ccc1c2n(-c2ccccc2)c[n+]1C. The molecule has 210 valence electrons. The third-order valence-electron chi connectivity index (χ3n) is 8.34. The van der Waals surface area contributed by atoms with Crippen LogP contribution >= 0.6 is 23.1 Å². The van der Waals surface area contributed by atoms with Gasteiger partial charge in [-0.25, -0.2) is 9.13 Å². The lowest BCUT2D eigenvalue weighted by molar-refractivity contribution is -0.645. The molecule has 3 aromatic heterocycles. The van der Waals surface area contributed by atoms with Crippen LogP contribution < -0.4 is 18.6 Å². The number of allylic oxidation sites excluding steroid dienone is 2. The Balaban J connectivity index is 1.18. The number of imidazole rings is 2. The Kier molecular flexibility index (Phi) is 6.03. The number of aryl methyl sites for hydroxylation is 3. The zero-order chi connectivity index (χ0) is 29.2. The second-order valence-electron chi connectivity index (χ2n) is 11.0. The van der Waals surface area contributed by atoms with E-state index >= 15 is 0 Å². The molecule has 0 saturated heterocycles. The van der Waals surface area contributed by atoms with Crippen molar-refractivity contribution in [2.24, 2.45) is 21.1 Å². The Hall–Kier alpha value is -4.66. The highest BCUT2D eigenvalue weighted by Gasteiger charge is 2.30. The van der Waals surface area contributed by atoms with E-state index < -0.39 is 0 Å². The first-order valence-electron chi connectivity index (χ1n) is 14.3. The van der Waals surface area contributed by atoms with E-state index in [2.05, 4.69) is 172 Å². The van der Waals surface area contributed by atoms with Gasteiger partial charge in [-0.15, -0.1) is 0 Å². The first-order chi connectivity index (χ1) is 21.0. The van der Waals surface area contributed by atoms with Gasteiger partial charge >= 0.3 is 0 Å². The number of hydrogen-bond acceptors (Lipinski definition) is 3. The summed E-state index contributed by atoms with van der Waals surface area (Å²) in [5.41, 5.74) is 9.72. The van der Waals surface area contributed by atoms with Crippen molar-refractivity contribution in [1.82, 2.24) is 9.13 Å². The summed E-state index contributed by atoms with van der Waals surface area (Å²) in [6, 6.07) is 30.1. The van der Waals surface area contributed by atoms with Gasteiger partial charge in [-0.3, -0.25) is 0 Å². The molecule has 6 nitrogen and oxygen atoms in total. The van der Waals surface area contributed by atoms with Crippen LogP contribution in [-0.4, -0.2) is 16.2 Å². The lowest BCUT2D eigenvalue weighted by Gasteiger charge is -2.12. The minimum absolute atomic E-state index is 1.17. The lowest BCUT2D eigenvalue weighted by atomic mass is 10.2. The topological polar surface area (TPSA) is 24.7 Å². The van der Waals surface area contributed by atoms with E-state index in [1.54, 1.807) is 0 Å². The standard InChI is InChI=1S/C35H31N6S2/c1-36-22-40(24-12-7-5-8-13-24)32-26(36)18-20-28-34(32)42-30(38(28)3)16-11-17-31-39(4)29-21-19-27-33(35(29)43-31)41(23-37(27)2)25-14-9-6-10-15-25/h5-23H,1-4H3/q+3. The van der Waals surface area contributed by atoms with Gasteiger partial charge in [-0.2, -0.15) is 13.7 Å². The van der Waals surface area contributed by atoms with E-state index in [4.69, 9.17) is 0 Å². The molecule has 4 aromatic carbocycles. The Labute approximate surface area is 258 Å². The van der Waals surface area contributed by atoms with Crippen LogP contribution in [-0.2, 0) is 21.1 Å². The maximum atomic E-state index is 2.30. The molecule has 4 heterocycles. The monoisotopic (exact) mass is 599 g/mol. The molecule has 0 amide bonds. The fraction of sp³-hybridized carbons (Fsp3) is 0.114. The van der Waals surface area contributed by atoms with E-state index in [0.717, 1.165) is 0 Å². The molecular formula is C35H31N6S2+3. The number of benzene rings is 4. The number of anilines is 1. The van der Waals surface area contributed by atoms with Gasteiger partial charge in [0.1, 0.15) is 18.4 Å². The molecule has 8 heteroatoms. The number of nitrogens with zero attached hydrogens (tertiary/aromatic N) is 6. The molecule has 0 spiro atoms. The van der Waals surface area contributed by atoms with Gasteiger partial charge < -0.3 is 4.90 Å². The quantitative estimate of drug-likeness (QED) is 0.220. The van der Waals surface area contributed by atoms with Crippen molar-refractivity contribution in [2.45, 2.75) is 4.90 Å². The van der Waals surface area contributed by atoms with E-state index in [0.29, 0.717) is 0 Å². The average molecular weight is 600 g/mol. The maximum Gasteiger partial charge on any atom is 0.262 e. The second-order valence-corrected chi connectivity index (χ2v) is 13.0. The van der Waals surface area contributed by atoms with Gasteiger partial charge in [0.05, 0.1) is 29.7 Å². The molecule has 0 unspecified atom stereocenters. The van der Waals surface area contributed by atoms with Crippen LogP contribution in [0.1, 0.15) is 5.01 Å². The molecule has 8 rings (SSSR count). The zero-order valence-corrected chi connectivity index (χ0v) is 26.1. The predicted molar refractivity (Wildman–Crippen MR) is 177 cm³/mol. The summed E-state index contributed by atoms with van der Waals surface area (Å²) >= 11 is 3.67. The van der Waals surface area contributed by atoms with Crippen molar-refractivity contribution in [2.75, 3.05) is 11.9 Å². The Morgan fingerprint density at radius 1 is 0.674 bits per heavy atom. The molecule has 0 atom stereocenters. The molecule has 43 heavy (non-hydrogen) atoms. The summed E-state index contributed by atoms with van der Waals surface area (Å²) in [7, 11) is 8.56. The van der Waals surface area contributed by atoms with Crippen molar-refractivity contribution in [3.8, 4) is 11.4 Å². The Morgan fingerprint density at radius 2 is 1.26 bits per heavy atom. The molecule has 0 fully saturated rings. The average Bonchev–Trinajstić information content (AvgIpc) is 3.75. The fourth-order valence-electron chi connectivity index (χ4n) is 6.11. The van der Waals surface area contributed by atoms with Crippen molar-refractivity contribution < 1.29 is 13.7 Å². The molecule has 1 aliphatic rings. The molecule has 0 N–H and O–H groups in total. The number of fused-ring (bicyclic) bond motifs is 6. The fourth-order valence-corrected chi connectivity index (χ4v) is 8.51. The second kappa shape index (κ2) is 9.97.